The van der Waals surface area contributed by atoms with E-state index in [0.29, 0.717) is 23.0 Å². The van der Waals surface area contributed by atoms with Crippen LogP contribution in [0, 0.1) is 0 Å². The van der Waals surface area contributed by atoms with E-state index in [2.05, 4.69) is 10.2 Å². The normalized spacial score (nSPS) is 13.9. The monoisotopic (exact) mass is 333 g/mol. The summed E-state index contributed by atoms with van der Waals surface area (Å²) in [6, 6.07) is 5.21. The van der Waals surface area contributed by atoms with Gasteiger partial charge in [0.1, 0.15) is 17.3 Å². The molecule has 1 saturated carbocycles. The Morgan fingerprint density at radius 1 is 1.30 bits per heavy atom. The van der Waals surface area contributed by atoms with Gasteiger partial charge in [-0.1, -0.05) is 11.8 Å². The second-order valence-corrected chi connectivity index (χ2v) is 6.39. The van der Waals surface area contributed by atoms with E-state index in [1.54, 1.807) is 32.4 Å². The van der Waals surface area contributed by atoms with Crippen LogP contribution in [0.25, 0.3) is 0 Å². The quantitative estimate of drug-likeness (QED) is 0.573. The smallest absolute Gasteiger partial charge is 0.191 e. The van der Waals surface area contributed by atoms with Crippen LogP contribution >= 0.6 is 11.8 Å². The summed E-state index contributed by atoms with van der Waals surface area (Å²) in [5, 5.41) is 9.18. The fraction of sp³-hybridized carbons (Fsp3) is 0.438. The van der Waals surface area contributed by atoms with Crippen LogP contribution in [0.3, 0.4) is 0 Å². The molecule has 1 aliphatic carbocycles. The average Bonchev–Trinajstić information content (AvgIpc) is 3.35. The van der Waals surface area contributed by atoms with Crippen LogP contribution in [0.1, 0.15) is 34.9 Å². The predicted octanol–water partition coefficient (Wildman–Crippen LogP) is 2.68. The Morgan fingerprint density at radius 2 is 2.09 bits per heavy atom. The molecule has 0 bridgehead atoms. The summed E-state index contributed by atoms with van der Waals surface area (Å²) in [6.07, 6.45) is 2.35. The highest BCUT2D eigenvalue weighted by Gasteiger charge is 2.29. The second kappa shape index (κ2) is 6.62. The predicted molar refractivity (Wildman–Crippen MR) is 87.6 cm³/mol. The number of Topliss-reactive ketones (excluding diaryl/α,β-unsaturated/α-hetero) is 1. The highest BCUT2D eigenvalue weighted by atomic mass is 32.2. The molecule has 0 unspecified atom stereocenters. The van der Waals surface area contributed by atoms with Crippen LogP contribution < -0.4 is 9.47 Å². The molecule has 3 rings (SSSR count). The number of ketones is 1. The Hall–Kier alpha value is -2.02. The van der Waals surface area contributed by atoms with Gasteiger partial charge in [0.05, 0.1) is 25.5 Å². The number of nitrogens with zero attached hydrogens (tertiary/aromatic N) is 3. The lowest BCUT2D eigenvalue weighted by molar-refractivity contribution is 0.101. The van der Waals surface area contributed by atoms with Gasteiger partial charge in [-0.25, -0.2) is 0 Å². The molecule has 0 N–H and O–H groups in total. The number of rotatable bonds is 7. The number of aromatic nitrogens is 3. The molecule has 1 heterocycles. The summed E-state index contributed by atoms with van der Waals surface area (Å²) in [7, 11) is 5.08. The van der Waals surface area contributed by atoms with Crippen molar-refractivity contribution in [3.8, 4) is 11.5 Å². The Labute approximate surface area is 139 Å². The average molecular weight is 333 g/mol. The van der Waals surface area contributed by atoms with Crippen molar-refractivity contribution >= 4 is 17.5 Å². The van der Waals surface area contributed by atoms with Crippen LogP contribution in [0.15, 0.2) is 23.4 Å². The van der Waals surface area contributed by atoms with Crippen molar-refractivity contribution in [3.63, 3.8) is 0 Å². The van der Waals surface area contributed by atoms with Crippen LogP contribution in [-0.2, 0) is 7.05 Å². The molecule has 0 amide bonds. The molecule has 122 valence electrons. The van der Waals surface area contributed by atoms with Crippen molar-refractivity contribution < 1.29 is 14.3 Å². The number of methoxy groups -OCH3 is 2. The van der Waals surface area contributed by atoms with Gasteiger partial charge in [0.2, 0.25) is 0 Å². The standard InChI is InChI=1S/C16H19N3O3S/c1-19-15(10-4-5-10)17-18-16(19)23-9-13(20)12-8-11(21-2)6-7-14(12)22-3/h6-8,10H,4-5,9H2,1-3H3. The third kappa shape index (κ3) is 3.34. The number of carbonyl (C=O) groups excluding carboxylic acids is 1. The van der Waals surface area contributed by atoms with E-state index in [9.17, 15) is 4.79 Å². The van der Waals surface area contributed by atoms with Crippen molar-refractivity contribution in [1.29, 1.82) is 0 Å². The number of hydrogen-bond donors (Lipinski definition) is 0. The van der Waals surface area contributed by atoms with Gasteiger partial charge in [0, 0.05) is 13.0 Å². The summed E-state index contributed by atoms with van der Waals surface area (Å²) in [4.78, 5) is 12.5. The topological polar surface area (TPSA) is 66.2 Å². The molecule has 0 saturated heterocycles. The van der Waals surface area contributed by atoms with Crippen LogP contribution in [-0.4, -0.2) is 40.5 Å². The van der Waals surface area contributed by atoms with Gasteiger partial charge >= 0.3 is 0 Å². The lowest BCUT2D eigenvalue weighted by Crippen LogP contribution is -2.06. The minimum absolute atomic E-state index is 0.0262. The van der Waals surface area contributed by atoms with E-state index >= 15 is 0 Å². The van der Waals surface area contributed by atoms with E-state index in [1.807, 2.05) is 11.6 Å². The molecule has 6 nitrogen and oxygen atoms in total. The fourth-order valence-electron chi connectivity index (χ4n) is 2.39. The third-order valence-corrected chi connectivity index (χ3v) is 4.87. The summed E-state index contributed by atoms with van der Waals surface area (Å²) in [5.41, 5.74) is 0.518. The van der Waals surface area contributed by atoms with E-state index in [1.165, 1.54) is 24.6 Å². The zero-order valence-electron chi connectivity index (χ0n) is 13.4. The van der Waals surface area contributed by atoms with Crippen LogP contribution in [0.5, 0.6) is 11.5 Å². The minimum atomic E-state index is -0.0262. The first-order valence-electron chi connectivity index (χ1n) is 7.41. The van der Waals surface area contributed by atoms with Crippen molar-refractivity contribution in [3.05, 3.63) is 29.6 Å². The van der Waals surface area contributed by atoms with Crippen molar-refractivity contribution in [2.75, 3.05) is 20.0 Å². The molecule has 1 aliphatic rings. The molecule has 1 aromatic carbocycles. The molecule has 0 atom stereocenters. The van der Waals surface area contributed by atoms with E-state index in [4.69, 9.17) is 9.47 Å². The SMILES string of the molecule is COc1ccc(OC)c(C(=O)CSc2nnc(C3CC3)n2C)c1. The molecule has 0 radical (unpaired) electrons. The first kappa shape index (κ1) is 15.9. The molecule has 0 spiro atoms. The molecule has 1 aromatic heterocycles. The van der Waals surface area contributed by atoms with Gasteiger partial charge in [-0.15, -0.1) is 10.2 Å². The van der Waals surface area contributed by atoms with Crippen molar-refractivity contribution in [1.82, 2.24) is 14.8 Å². The third-order valence-electron chi connectivity index (χ3n) is 3.85. The van der Waals surface area contributed by atoms with Gasteiger partial charge in [0.25, 0.3) is 0 Å². The highest BCUT2D eigenvalue weighted by Crippen LogP contribution is 2.39. The van der Waals surface area contributed by atoms with Gasteiger partial charge in [0.15, 0.2) is 10.9 Å². The van der Waals surface area contributed by atoms with E-state index < -0.39 is 0 Å². The van der Waals surface area contributed by atoms with E-state index in [0.717, 1.165) is 11.0 Å². The Morgan fingerprint density at radius 3 is 2.74 bits per heavy atom. The summed E-state index contributed by atoms with van der Waals surface area (Å²) < 4.78 is 12.4. The maximum Gasteiger partial charge on any atom is 0.191 e. The lowest BCUT2D eigenvalue weighted by Gasteiger charge is -2.09. The first-order chi connectivity index (χ1) is 11.1. The Kier molecular flexibility index (Phi) is 4.56. The summed E-state index contributed by atoms with van der Waals surface area (Å²) >= 11 is 1.39. The van der Waals surface area contributed by atoms with Gasteiger partial charge < -0.3 is 14.0 Å². The first-order valence-corrected chi connectivity index (χ1v) is 8.40. The highest BCUT2D eigenvalue weighted by molar-refractivity contribution is 7.99. The van der Waals surface area contributed by atoms with Crippen LogP contribution in [0.4, 0.5) is 0 Å². The number of benzene rings is 1. The number of ether oxygens (including phenoxy) is 2. The van der Waals surface area contributed by atoms with Gasteiger partial charge in [-0.2, -0.15) is 0 Å². The molecular formula is C16H19N3O3S. The van der Waals surface area contributed by atoms with Crippen molar-refractivity contribution in [2.45, 2.75) is 23.9 Å². The maximum atomic E-state index is 12.5. The molecule has 23 heavy (non-hydrogen) atoms. The van der Waals surface area contributed by atoms with E-state index in [-0.39, 0.29) is 11.5 Å². The summed E-state index contributed by atoms with van der Waals surface area (Å²) in [6.45, 7) is 0. The second-order valence-electron chi connectivity index (χ2n) is 5.45. The Bertz CT molecular complexity index is 725. The lowest BCUT2D eigenvalue weighted by atomic mass is 10.1. The summed E-state index contributed by atoms with van der Waals surface area (Å²) in [5.74, 6) is 2.98. The fourth-order valence-corrected chi connectivity index (χ4v) is 3.19. The number of thioether (sulfide) groups is 1. The molecule has 1 fully saturated rings. The largest absolute Gasteiger partial charge is 0.497 e. The number of hydrogen-bond acceptors (Lipinski definition) is 6. The molecular weight excluding hydrogens is 314 g/mol. The van der Waals surface area contributed by atoms with Crippen LogP contribution in [0.2, 0.25) is 0 Å². The minimum Gasteiger partial charge on any atom is -0.497 e. The van der Waals surface area contributed by atoms with Crippen molar-refractivity contribution in [2.24, 2.45) is 7.05 Å². The molecule has 7 heteroatoms. The zero-order chi connectivity index (χ0) is 16.4. The van der Waals surface area contributed by atoms with Gasteiger partial charge in [-0.05, 0) is 31.0 Å². The maximum absolute atomic E-state index is 12.5. The number of carbonyl (C=O) groups is 1. The Balaban J connectivity index is 1.72. The zero-order valence-corrected chi connectivity index (χ0v) is 14.2. The molecule has 0 aliphatic heterocycles. The molecule has 2 aromatic rings. The van der Waals surface area contributed by atoms with Gasteiger partial charge in [-0.3, -0.25) is 4.79 Å².